The monoisotopic (exact) mass is 375 g/mol. The largest absolute Gasteiger partial charge is 0.418 e. The SMILES string of the molecule is O=C(Nc1ccccc1C(F)(F)F)c1ccc(Nc2ccccc2F)nc1. The lowest BCUT2D eigenvalue weighted by molar-refractivity contribution is -0.136. The molecule has 0 atom stereocenters. The maximum atomic E-state index is 13.6. The second-order valence-electron chi connectivity index (χ2n) is 5.53. The summed E-state index contributed by atoms with van der Waals surface area (Å²) in [7, 11) is 0. The Hall–Kier alpha value is -3.42. The van der Waals surface area contributed by atoms with Crippen molar-refractivity contribution in [3.63, 3.8) is 0 Å². The number of nitrogens with one attached hydrogen (secondary N) is 2. The number of rotatable bonds is 4. The Morgan fingerprint density at radius 2 is 1.56 bits per heavy atom. The lowest BCUT2D eigenvalue weighted by Gasteiger charge is -2.13. The fourth-order valence-corrected chi connectivity index (χ4v) is 2.34. The van der Waals surface area contributed by atoms with Gasteiger partial charge in [0.15, 0.2) is 0 Å². The number of amides is 1. The zero-order valence-electron chi connectivity index (χ0n) is 13.7. The average molecular weight is 375 g/mol. The number of pyridine rings is 1. The summed E-state index contributed by atoms with van der Waals surface area (Å²) in [6.07, 6.45) is -3.40. The van der Waals surface area contributed by atoms with Crippen LogP contribution in [0.15, 0.2) is 66.9 Å². The molecule has 8 heteroatoms. The van der Waals surface area contributed by atoms with E-state index < -0.39 is 23.5 Å². The smallest absolute Gasteiger partial charge is 0.338 e. The van der Waals surface area contributed by atoms with Crippen LogP contribution < -0.4 is 10.6 Å². The van der Waals surface area contributed by atoms with E-state index in [1.54, 1.807) is 12.1 Å². The third-order valence-corrected chi connectivity index (χ3v) is 3.64. The molecular formula is C19H13F4N3O. The number of carbonyl (C=O) groups is 1. The summed E-state index contributed by atoms with van der Waals surface area (Å²) in [6.45, 7) is 0. The van der Waals surface area contributed by atoms with E-state index >= 15 is 0 Å². The molecule has 27 heavy (non-hydrogen) atoms. The molecule has 0 aliphatic rings. The molecule has 0 radical (unpaired) electrons. The van der Waals surface area contributed by atoms with Crippen molar-refractivity contribution in [1.29, 1.82) is 0 Å². The summed E-state index contributed by atoms with van der Waals surface area (Å²) in [5.74, 6) is -0.922. The molecule has 0 aliphatic carbocycles. The van der Waals surface area contributed by atoms with Gasteiger partial charge in [-0.25, -0.2) is 9.37 Å². The number of anilines is 3. The van der Waals surface area contributed by atoms with Gasteiger partial charge in [-0.1, -0.05) is 24.3 Å². The number of alkyl halides is 3. The maximum Gasteiger partial charge on any atom is 0.418 e. The van der Waals surface area contributed by atoms with Crippen LogP contribution in [0.4, 0.5) is 34.8 Å². The molecule has 4 nitrogen and oxygen atoms in total. The molecule has 1 heterocycles. The van der Waals surface area contributed by atoms with E-state index in [-0.39, 0.29) is 22.8 Å². The number of hydrogen-bond acceptors (Lipinski definition) is 3. The summed E-state index contributed by atoms with van der Waals surface area (Å²) in [5, 5.41) is 4.98. The summed E-state index contributed by atoms with van der Waals surface area (Å²) < 4.78 is 52.6. The first-order valence-electron chi connectivity index (χ1n) is 7.80. The molecule has 2 aromatic carbocycles. The highest BCUT2D eigenvalue weighted by molar-refractivity contribution is 6.04. The van der Waals surface area contributed by atoms with Gasteiger partial charge in [-0.2, -0.15) is 13.2 Å². The fourth-order valence-electron chi connectivity index (χ4n) is 2.34. The molecule has 0 fully saturated rings. The highest BCUT2D eigenvalue weighted by Gasteiger charge is 2.33. The second kappa shape index (κ2) is 7.45. The van der Waals surface area contributed by atoms with Gasteiger partial charge in [-0.15, -0.1) is 0 Å². The van der Waals surface area contributed by atoms with Gasteiger partial charge in [0, 0.05) is 6.20 Å². The second-order valence-corrected chi connectivity index (χ2v) is 5.53. The Morgan fingerprint density at radius 1 is 0.889 bits per heavy atom. The number of nitrogens with zero attached hydrogens (tertiary/aromatic N) is 1. The average Bonchev–Trinajstić information content (AvgIpc) is 2.64. The molecule has 1 aromatic heterocycles. The van der Waals surface area contributed by atoms with Gasteiger partial charge in [0.05, 0.1) is 22.5 Å². The van der Waals surface area contributed by atoms with Crippen LogP contribution in [0.25, 0.3) is 0 Å². The lowest BCUT2D eigenvalue weighted by atomic mass is 10.1. The number of carbonyl (C=O) groups excluding carboxylic acids is 1. The maximum absolute atomic E-state index is 13.6. The van der Waals surface area contributed by atoms with E-state index in [9.17, 15) is 22.4 Å². The van der Waals surface area contributed by atoms with Gasteiger partial charge in [0.2, 0.25) is 0 Å². The minimum Gasteiger partial charge on any atom is -0.338 e. The third-order valence-electron chi connectivity index (χ3n) is 3.64. The van der Waals surface area contributed by atoms with Gasteiger partial charge in [0.25, 0.3) is 5.91 Å². The van der Waals surface area contributed by atoms with Gasteiger partial charge in [0.1, 0.15) is 11.6 Å². The topological polar surface area (TPSA) is 54.0 Å². The van der Waals surface area contributed by atoms with Crippen LogP contribution >= 0.6 is 0 Å². The third kappa shape index (κ3) is 4.41. The van der Waals surface area contributed by atoms with Crippen molar-refractivity contribution < 1.29 is 22.4 Å². The molecule has 0 aliphatic heterocycles. The van der Waals surface area contributed by atoms with Gasteiger partial charge in [-0.3, -0.25) is 4.79 Å². The minimum absolute atomic E-state index is 0.0612. The Morgan fingerprint density at radius 3 is 2.19 bits per heavy atom. The molecular weight excluding hydrogens is 362 g/mol. The summed E-state index contributed by atoms with van der Waals surface area (Å²) >= 11 is 0. The van der Waals surface area contributed by atoms with Crippen molar-refractivity contribution in [3.05, 3.63) is 83.8 Å². The van der Waals surface area contributed by atoms with Crippen molar-refractivity contribution in [2.75, 3.05) is 10.6 Å². The summed E-state index contributed by atoms with van der Waals surface area (Å²) in [4.78, 5) is 16.2. The van der Waals surface area contributed by atoms with Crippen molar-refractivity contribution in [3.8, 4) is 0 Å². The summed E-state index contributed by atoms with van der Waals surface area (Å²) in [6, 6.07) is 13.5. The van der Waals surface area contributed by atoms with Gasteiger partial charge in [-0.05, 0) is 36.4 Å². The van der Waals surface area contributed by atoms with Gasteiger partial charge < -0.3 is 10.6 Å². The summed E-state index contributed by atoms with van der Waals surface area (Å²) in [5.41, 5.74) is -1.01. The van der Waals surface area contributed by atoms with E-state index in [1.807, 2.05) is 0 Å². The van der Waals surface area contributed by atoms with Gasteiger partial charge >= 0.3 is 6.18 Å². The van der Waals surface area contributed by atoms with Crippen LogP contribution in [0.1, 0.15) is 15.9 Å². The van der Waals surface area contributed by atoms with Crippen LogP contribution in [-0.4, -0.2) is 10.9 Å². The number of halogens is 4. The van der Waals surface area contributed by atoms with E-state index in [0.29, 0.717) is 0 Å². The van der Waals surface area contributed by atoms with E-state index in [2.05, 4.69) is 15.6 Å². The molecule has 138 valence electrons. The molecule has 1 amide bonds. The van der Waals surface area contributed by atoms with E-state index in [4.69, 9.17) is 0 Å². The quantitative estimate of drug-likeness (QED) is 0.614. The van der Waals surface area contributed by atoms with Crippen LogP contribution in [0.2, 0.25) is 0 Å². The predicted octanol–water partition coefficient (Wildman–Crippen LogP) is 5.24. The lowest BCUT2D eigenvalue weighted by Crippen LogP contribution is -2.16. The zero-order chi connectivity index (χ0) is 19.4. The number of para-hydroxylation sites is 2. The highest BCUT2D eigenvalue weighted by Crippen LogP contribution is 2.34. The van der Waals surface area contributed by atoms with Crippen LogP contribution in [0.3, 0.4) is 0 Å². The Kier molecular flexibility index (Phi) is 5.07. The van der Waals surface area contributed by atoms with Crippen LogP contribution in [0.5, 0.6) is 0 Å². The first-order valence-corrected chi connectivity index (χ1v) is 7.80. The Balaban J connectivity index is 1.75. The van der Waals surface area contributed by atoms with Crippen LogP contribution in [-0.2, 0) is 6.18 Å². The van der Waals surface area contributed by atoms with Crippen molar-refractivity contribution in [1.82, 2.24) is 4.98 Å². The fraction of sp³-hybridized carbons (Fsp3) is 0.0526. The molecule has 3 rings (SSSR count). The minimum atomic E-state index is -4.59. The molecule has 0 saturated heterocycles. The van der Waals surface area contributed by atoms with Crippen LogP contribution in [0, 0.1) is 5.82 Å². The number of aromatic nitrogens is 1. The predicted molar refractivity (Wildman–Crippen MR) is 93.3 cm³/mol. The molecule has 0 unspecified atom stereocenters. The van der Waals surface area contributed by atoms with Crippen molar-refractivity contribution in [2.45, 2.75) is 6.18 Å². The number of hydrogen-bond donors (Lipinski definition) is 2. The highest BCUT2D eigenvalue weighted by atomic mass is 19.4. The standard InChI is InChI=1S/C19H13F4N3O/c20-14-6-2-4-8-16(14)25-17-10-9-12(11-24-17)18(27)26-15-7-3-1-5-13(15)19(21,22)23/h1-11H,(H,24,25)(H,26,27). The Bertz CT molecular complexity index is 956. The molecule has 2 N–H and O–H groups in total. The molecule has 0 bridgehead atoms. The number of benzene rings is 2. The van der Waals surface area contributed by atoms with E-state index in [0.717, 1.165) is 6.07 Å². The van der Waals surface area contributed by atoms with E-state index in [1.165, 1.54) is 48.7 Å². The Labute approximate surface area is 151 Å². The van der Waals surface area contributed by atoms with Crippen molar-refractivity contribution >= 4 is 23.1 Å². The normalized spacial score (nSPS) is 11.1. The first kappa shape index (κ1) is 18.4. The molecule has 0 spiro atoms. The molecule has 0 saturated carbocycles. The first-order chi connectivity index (χ1) is 12.8. The van der Waals surface area contributed by atoms with Crippen molar-refractivity contribution in [2.24, 2.45) is 0 Å². The molecule has 3 aromatic rings. The zero-order valence-corrected chi connectivity index (χ0v) is 13.7.